The molecule has 0 radical (unpaired) electrons. The van der Waals surface area contributed by atoms with E-state index in [0.29, 0.717) is 33.8 Å². The maximum Gasteiger partial charge on any atom is 0.243 e. The van der Waals surface area contributed by atoms with E-state index in [0.717, 1.165) is 36.8 Å². The van der Waals surface area contributed by atoms with E-state index in [4.69, 9.17) is 34.8 Å². The summed E-state index contributed by atoms with van der Waals surface area (Å²) in [5, 5.41) is 4.79. The maximum absolute atomic E-state index is 13.4. The molecule has 0 aromatic heterocycles. The minimum atomic E-state index is -0.545. The molecule has 184 valence electrons. The molecule has 2 aromatic rings. The van der Waals surface area contributed by atoms with E-state index in [-0.39, 0.29) is 23.6 Å². The third-order valence-electron chi connectivity index (χ3n) is 6.11. The molecule has 8 heteroatoms. The highest BCUT2D eigenvalue weighted by Gasteiger charge is 2.30. The molecule has 4 nitrogen and oxygen atoms in total. The van der Waals surface area contributed by atoms with Crippen LogP contribution in [-0.2, 0) is 21.9 Å². The van der Waals surface area contributed by atoms with Crippen LogP contribution in [0.1, 0.15) is 56.6 Å². The highest BCUT2D eigenvalue weighted by atomic mass is 35.5. The minimum absolute atomic E-state index is 0.0794. The third kappa shape index (κ3) is 7.81. The molecule has 1 fully saturated rings. The summed E-state index contributed by atoms with van der Waals surface area (Å²) in [5.74, 6) is 0.700. The summed E-state index contributed by atoms with van der Waals surface area (Å²) in [5.41, 5.74) is 1.82. The van der Waals surface area contributed by atoms with Crippen LogP contribution in [0, 0.1) is 0 Å². The summed E-state index contributed by atoms with van der Waals surface area (Å²) >= 11 is 20.0. The summed E-state index contributed by atoms with van der Waals surface area (Å²) in [7, 11) is 0. The van der Waals surface area contributed by atoms with E-state index in [1.807, 2.05) is 43.3 Å². The second kappa shape index (κ2) is 13.6. The standard InChI is InChI=1S/C26H31Cl3N2O2S/c1-2-24(26(33)30-20-9-4-3-5-10-20)31(15-19-8-6-7-11-21(19)27)25(32)17-34-16-18-12-13-22(28)23(29)14-18/h6-8,11-14,20,24H,2-5,9-10,15-17H2,1H3,(H,30,33)/t24-/m1/s1. The zero-order chi connectivity index (χ0) is 24.5. The van der Waals surface area contributed by atoms with Crippen molar-refractivity contribution < 1.29 is 9.59 Å². The average Bonchev–Trinajstić information content (AvgIpc) is 2.83. The molecule has 0 unspecified atom stereocenters. The Labute approximate surface area is 221 Å². The molecule has 1 atom stereocenters. The van der Waals surface area contributed by atoms with Crippen molar-refractivity contribution in [1.82, 2.24) is 10.2 Å². The van der Waals surface area contributed by atoms with Crippen molar-refractivity contribution in [1.29, 1.82) is 0 Å². The molecule has 1 aliphatic rings. The number of benzene rings is 2. The fourth-order valence-electron chi connectivity index (χ4n) is 4.24. The Morgan fingerprint density at radius 3 is 2.44 bits per heavy atom. The molecular weight excluding hydrogens is 511 g/mol. The second-order valence-corrected chi connectivity index (χ2v) is 10.8. The van der Waals surface area contributed by atoms with Crippen molar-refractivity contribution in [2.24, 2.45) is 0 Å². The molecule has 1 aliphatic carbocycles. The number of rotatable bonds is 10. The number of hydrogen-bond donors (Lipinski definition) is 1. The fraction of sp³-hybridized carbons (Fsp3) is 0.462. The van der Waals surface area contributed by atoms with Gasteiger partial charge in [0.25, 0.3) is 0 Å². The molecular formula is C26H31Cl3N2O2S. The van der Waals surface area contributed by atoms with Crippen molar-refractivity contribution in [3.8, 4) is 0 Å². The topological polar surface area (TPSA) is 49.4 Å². The van der Waals surface area contributed by atoms with Crippen molar-refractivity contribution in [2.45, 2.75) is 69.8 Å². The minimum Gasteiger partial charge on any atom is -0.352 e. The predicted octanol–water partition coefficient (Wildman–Crippen LogP) is 7.14. The van der Waals surface area contributed by atoms with Gasteiger partial charge in [-0.3, -0.25) is 9.59 Å². The normalized spacial score (nSPS) is 15.1. The van der Waals surface area contributed by atoms with Crippen LogP contribution in [0.2, 0.25) is 15.1 Å². The van der Waals surface area contributed by atoms with Crippen molar-refractivity contribution in [3.05, 3.63) is 68.7 Å². The Balaban J connectivity index is 1.71. The van der Waals surface area contributed by atoms with Gasteiger partial charge in [0.1, 0.15) is 6.04 Å². The third-order valence-corrected chi connectivity index (χ3v) is 8.21. The van der Waals surface area contributed by atoms with Gasteiger partial charge in [0.05, 0.1) is 15.8 Å². The average molecular weight is 542 g/mol. The van der Waals surface area contributed by atoms with Crippen LogP contribution < -0.4 is 5.32 Å². The summed E-state index contributed by atoms with van der Waals surface area (Å²) < 4.78 is 0. The highest BCUT2D eigenvalue weighted by Crippen LogP contribution is 2.26. The first-order valence-electron chi connectivity index (χ1n) is 11.7. The summed E-state index contributed by atoms with van der Waals surface area (Å²) in [6, 6.07) is 12.6. The summed E-state index contributed by atoms with van der Waals surface area (Å²) in [6.07, 6.45) is 6.02. The summed E-state index contributed by atoms with van der Waals surface area (Å²) in [6.45, 7) is 2.24. The van der Waals surface area contributed by atoms with Gasteiger partial charge < -0.3 is 10.2 Å². The first-order valence-corrected chi connectivity index (χ1v) is 14.0. The van der Waals surface area contributed by atoms with Gasteiger partial charge in [-0.05, 0) is 48.6 Å². The number of carbonyl (C=O) groups excluding carboxylic acids is 2. The first kappa shape index (κ1) is 27.2. The van der Waals surface area contributed by atoms with Gasteiger partial charge >= 0.3 is 0 Å². The molecule has 1 N–H and O–H groups in total. The van der Waals surface area contributed by atoms with Crippen LogP contribution in [0.3, 0.4) is 0 Å². The van der Waals surface area contributed by atoms with Gasteiger partial charge in [-0.1, -0.05) is 85.3 Å². The van der Waals surface area contributed by atoms with Gasteiger partial charge in [-0.15, -0.1) is 11.8 Å². The molecule has 0 aliphatic heterocycles. The Kier molecular flexibility index (Phi) is 10.9. The maximum atomic E-state index is 13.4. The van der Waals surface area contributed by atoms with Gasteiger partial charge in [0.15, 0.2) is 0 Å². The van der Waals surface area contributed by atoms with Crippen LogP contribution in [0.4, 0.5) is 0 Å². The predicted molar refractivity (Wildman–Crippen MR) is 144 cm³/mol. The highest BCUT2D eigenvalue weighted by molar-refractivity contribution is 7.99. The zero-order valence-corrected chi connectivity index (χ0v) is 22.5. The van der Waals surface area contributed by atoms with E-state index in [1.165, 1.54) is 18.2 Å². The van der Waals surface area contributed by atoms with Crippen molar-refractivity contribution in [2.75, 3.05) is 5.75 Å². The number of hydrogen-bond acceptors (Lipinski definition) is 3. The van der Waals surface area contributed by atoms with Crippen LogP contribution in [0.5, 0.6) is 0 Å². The smallest absolute Gasteiger partial charge is 0.243 e. The summed E-state index contributed by atoms with van der Waals surface area (Å²) in [4.78, 5) is 28.3. The van der Waals surface area contributed by atoms with E-state index in [2.05, 4.69) is 5.32 Å². The Morgan fingerprint density at radius 1 is 1.03 bits per heavy atom. The van der Waals surface area contributed by atoms with Gasteiger partial charge in [-0.25, -0.2) is 0 Å². The lowest BCUT2D eigenvalue weighted by molar-refractivity contribution is -0.139. The Morgan fingerprint density at radius 2 is 1.76 bits per heavy atom. The van der Waals surface area contributed by atoms with Crippen LogP contribution in [-0.4, -0.2) is 34.6 Å². The number of amides is 2. The van der Waals surface area contributed by atoms with Gasteiger partial charge in [0.2, 0.25) is 11.8 Å². The largest absolute Gasteiger partial charge is 0.352 e. The van der Waals surface area contributed by atoms with Crippen molar-refractivity contribution >= 4 is 58.4 Å². The van der Waals surface area contributed by atoms with E-state index >= 15 is 0 Å². The number of nitrogens with zero attached hydrogens (tertiary/aromatic N) is 1. The molecule has 3 rings (SSSR count). The number of thioether (sulfide) groups is 1. The van der Waals surface area contributed by atoms with Gasteiger partial charge in [0, 0.05) is 23.4 Å². The lowest BCUT2D eigenvalue weighted by Crippen LogP contribution is -2.52. The zero-order valence-electron chi connectivity index (χ0n) is 19.4. The number of halogens is 3. The van der Waals surface area contributed by atoms with Crippen LogP contribution in [0.15, 0.2) is 42.5 Å². The second-order valence-electron chi connectivity index (χ2n) is 8.62. The quantitative estimate of drug-likeness (QED) is 0.348. The molecule has 2 aromatic carbocycles. The number of nitrogens with one attached hydrogen (secondary N) is 1. The van der Waals surface area contributed by atoms with Crippen molar-refractivity contribution in [3.63, 3.8) is 0 Å². The van der Waals surface area contributed by atoms with Crippen LogP contribution in [0.25, 0.3) is 0 Å². The fourth-order valence-corrected chi connectivity index (χ4v) is 5.62. The molecule has 34 heavy (non-hydrogen) atoms. The van der Waals surface area contributed by atoms with E-state index < -0.39 is 6.04 Å². The molecule has 0 heterocycles. The number of carbonyl (C=O) groups is 2. The molecule has 0 saturated heterocycles. The lowest BCUT2D eigenvalue weighted by Gasteiger charge is -2.33. The molecule has 0 bridgehead atoms. The SMILES string of the molecule is CC[C@H](C(=O)NC1CCCCC1)N(Cc1ccccc1Cl)C(=O)CSCc1ccc(Cl)c(Cl)c1. The molecule has 1 saturated carbocycles. The first-order chi connectivity index (χ1) is 16.4. The van der Waals surface area contributed by atoms with E-state index in [9.17, 15) is 9.59 Å². The lowest BCUT2D eigenvalue weighted by atomic mass is 9.95. The molecule has 2 amide bonds. The van der Waals surface area contributed by atoms with Gasteiger partial charge in [-0.2, -0.15) is 0 Å². The van der Waals surface area contributed by atoms with E-state index in [1.54, 1.807) is 11.0 Å². The molecule has 0 spiro atoms. The van der Waals surface area contributed by atoms with Crippen LogP contribution >= 0.6 is 46.6 Å². The Bertz CT molecular complexity index is 982. The Hall–Kier alpha value is -1.40. The monoisotopic (exact) mass is 540 g/mol.